The Hall–Kier alpha value is -0.610. The monoisotopic (exact) mass is 176 g/mol. The summed E-state index contributed by atoms with van der Waals surface area (Å²) in [6.45, 7) is 4.30. The van der Waals surface area contributed by atoms with Crippen molar-refractivity contribution in [1.29, 1.82) is 0 Å². The molecule has 0 aromatic carbocycles. The third-order valence-electron chi connectivity index (χ3n) is 1.56. The molecule has 0 saturated carbocycles. The number of ether oxygens (including phenoxy) is 2. The first kappa shape index (κ1) is 11.4. The molecule has 0 aliphatic carbocycles. The van der Waals surface area contributed by atoms with Crippen LogP contribution >= 0.6 is 0 Å². The molecule has 2 atom stereocenters. The molecule has 0 fully saturated rings. The minimum absolute atomic E-state index is 0.0731. The lowest BCUT2D eigenvalue weighted by molar-refractivity contribution is -0.150. The van der Waals surface area contributed by atoms with Gasteiger partial charge in [-0.05, 0) is 13.8 Å². The zero-order chi connectivity index (χ0) is 9.56. The number of aliphatic carboxylic acids is 1. The molecular formula is C8H16O4. The van der Waals surface area contributed by atoms with E-state index >= 15 is 0 Å². The molecule has 0 amide bonds. The Bertz CT molecular complexity index is 135. The maximum atomic E-state index is 10.5. The number of carbonyl (C=O) groups is 1. The van der Waals surface area contributed by atoms with Gasteiger partial charge in [-0.3, -0.25) is 0 Å². The van der Waals surface area contributed by atoms with Crippen molar-refractivity contribution in [2.45, 2.75) is 32.5 Å². The van der Waals surface area contributed by atoms with Gasteiger partial charge in [-0.2, -0.15) is 0 Å². The Morgan fingerprint density at radius 1 is 1.58 bits per heavy atom. The summed E-state index contributed by atoms with van der Waals surface area (Å²) < 4.78 is 9.93. The van der Waals surface area contributed by atoms with E-state index in [0.29, 0.717) is 13.0 Å². The average Bonchev–Trinajstić information content (AvgIpc) is 2.00. The van der Waals surface area contributed by atoms with E-state index in [4.69, 9.17) is 14.6 Å². The van der Waals surface area contributed by atoms with Gasteiger partial charge < -0.3 is 14.6 Å². The Balaban J connectivity index is 3.77. The molecule has 2 unspecified atom stereocenters. The van der Waals surface area contributed by atoms with E-state index in [2.05, 4.69) is 0 Å². The highest BCUT2D eigenvalue weighted by atomic mass is 16.5. The average molecular weight is 176 g/mol. The largest absolute Gasteiger partial charge is 0.479 e. The molecule has 12 heavy (non-hydrogen) atoms. The summed E-state index contributed by atoms with van der Waals surface area (Å²) in [4.78, 5) is 10.5. The molecule has 0 bridgehead atoms. The van der Waals surface area contributed by atoms with Crippen LogP contribution in [0.5, 0.6) is 0 Å². The third-order valence-corrected chi connectivity index (χ3v) is 1.56. The van der Waals surface area contributed by atoms with Gasteiger partial charge in [-0.1, -0.05) is 0 Å². The van der Waals surface area contributed by atoms with Crippen molar-refractivity contribution in [3.05, 3.63) is 0 Å². The van der Waals surface area contributed by atoms with Crippen molar-refractivity contribution in [3.8, 4) is 0 Å². The lowest BCUT2D eigenvalue weighted by Crippen LogP contribution is -2.27. The molecule has 0 aliphatic rings. The second-order valence-corrected chi connectivity index (χ2v) is 2.56. The van der Waals surface area contributed by atoms with Gasteiger partial charge in [0.05, 0.1) is 6.10 Å². The zero-order valence-electron chi connectivity index (χ0n) is 7.74. The van der Waals surface area contributed by atoms with Crippen LogP contribution in [0.15, 0.2) is 0 Å². The number of hydrogen-bond acceptors (Lipinski definition) is 3. The zero-order valence-corrected chi connectivity index (χ0v) is 7.74. The quantitative estimate of drug-likeness (QED) is 0.653. The van der Waals surface area contributed by atoms with Gasteiger partial charge in [0.2, 0.25) is 0 Å². The van der Waals surface area contributed by atoms with Gasteiger partial charge in [0, 0.05) is 20.1 Å². The molecule has 0 heterocycles. The summed E-state index contributed by atoms with van der Waals surface area (Å²) in [6.07, 6.45) is -0.442. The summed E-state index contributed by atoms with van der Waals surface area (Å²) in [5.41, 5.74) is 0. The van der Waals surface area contributed by atoms with Crippen LogP contribution in [-0.2, 0) is 14.3 Å². The first-order valence-corrected chi connectivity index (χ1v) is 3.99. The van der Waals surface area contributed by atoms with Crippen molar-refractivity contribution in [3.63, 3.8) is 0 Å². The van der Waals surface area contributed by atoms with Crippen LogP contribution < -0.4 is 0 Å². The van der Waals surface area contributed by atoms with Crippen molar-refractivity contribution in [1.82, 2.24) is 0 Å². The fourth-order valence-electron chi connectivity index (χ4n) is 0.952. The number of carboxylic acids is 1. The van der Waals surface area contributed by atoms with Crippen molar-refractivity contribution in [2.24, 2.45) is 0 Å². The topological polar surface area (TPSA) is 55.8 Å². The summed E-state index contributed by atoms with van der Waals surface area (Å²) in [7, 11) is 1.39. The smallest absolute Gasteiger partial charge is 0.332 e. The highest BCUT2D eigenvalue weighted by Crippen LogP contribution is 2.05. The molecule has 0 rings (SSSR count). The summed E-state index contributed by atoms with van der Waals surface area (Å²) in [5, 5.41) is 8.61. The standard InChI is InChI=1S/C8H16O4/c1-4-12-6(2)5-7(11-3)8(9)10/h6-7H,4-5H2,1-3H3,(H,9,10). The van der Waals surface area contributed by atoms with Gasteiger partial charge in [0.1, 0.15) is 0 Å². The Morgan fingerprint density at radius 2 is 2.17 bits per heavy atom. The van der Waals surface area contributed by atoms with Crippen LogP contribution in [0.2, 0.25) is 0 Å². The third kappa shape index (κ3) is 4.31. The molecule has 4 heteroatoms. The minimum Gasteiger partial charge on any atom is -0.479 e. The Labute approximate surface area is 72.5 Å². The molecule has 0 spiro atoms. The molecule has 4 nitrogen and oxygen atoms in total. The van der Waals surface area contributed by atoms with E-state index in [1.807, 2.05) is 13.8 Å². The molecule has 1 N–H and O–H groups in total. The van der Waals surface area contributed by atoms with Crippen molar-refractivity contribution >= 4 is 5.97 Å². The molecule has 0 saturated heterocycles. The first-order valence-electron chi connectivity index (χ1n) is 3.99. The minimum atomic E-state index is -0.941. The predicted molar refractivity (Wildman–Crippen MR) is 44.1 cm³/mol. The maximum Gasteiger partial charge on any atom is 0.332 e. The fourth-order valence-corrected chi connectivity index (χ4v) is 0.952. The fraction of sp³-hybridized carbons (Fsp3) is 0.875. The summed E-state index contributed by atoms with van der Waals surface area (Å²) in [6, 6.07) is 0. The van der Waals surface area contributed by atoms with E-state index in [0.717, 1.165) is 0 Å². The van der Waals surface area contributed by atoms with Crippen LogP contribution in [0.1, 0.15) is 20.3 Å². The van der Waals surface area contributed by atoms with E-state index in [1.54, 1.807) is 0 Å². The van der Waals surface area contributed by atoms with E-state index in [1.165, 1.54) is 7.11 Å². The van der Waals surface area contributed by atoms with Gasteiger partial charge in [-0.25, -0.2) is 4.79 Å². The normalized spacial score (nSPS) is 15.6. The number of hydrogen-bond donors (Lipinski definition) is 1. The second kappa shape index (κ2) is 5.97. The van der Waals surface area contributed by atoms with Gasteiger partial charge >= 0.3 is 5.97 Å². The lowest BCUT2D eigenvalue weighted by atomic mass is 10.2. The molecular weight excluding hydrogens is 160 g/mol. The van der Waals surface area contributed by atoms with Gasteiger partial charge in [0.15, 0.2) is 6.10 Å². The van der Waals surface area contributed by atoms with Crippen LogP contribution in [-0.4, -0.2) is 37.0 Å². The van der Waals surface area contributed by atoms with Gasteiger partial charge in [-0.15, -0.1) is 0 Å². The maximum absolute atomic E-state index is 10.5. The first-order chi connectivity index (χ1) is 5.61. The van der Waals surface area contributed by atoms with Gasteiger partial charge in [0.25, 0.3) is 0 Å². The van der Waals surface area contributed by atoms with E-state index in [-0.39, 0.29) is 6.10 Å². The van der Waals surface area contributed by atoms with E-state index < -0.39 is 12.1 Å². The molecule has 0 aromatic rings. The number of rotatable bonds is 6. The van der Waals surface area contributed by atoms with Crippen LogP contribution in [0, 0.1) is 0 Å². The molecule has 0 aromatic heterocycles. The van der Waals surface area contributed by atoms with Crippen LogP contribution in [0.25, 0.3) is 0 Å². The van der Waals surface area contributed by atoms with Crippen molar-refractivity contribution in [2.75, 3.05) is 13.7 Å². The number of methoxy groups -OCH3 is 1. The van der Waals surface area contributed by atoms with Crippen LogP contribution in [0.3, 0.4) is 0 Å². The van der Waals surface area contributed by atoms with Crippen LogP contribution in [0.4, 0.5) is 0 Å². The molecule has 0 radical (unpaired) electrons. The molecule has 0 aliphatic heterocycles. The Kier molecular flexibility index (Phi) is 5.66. The molecule has 72 valence electrons. The lowest BCUT2D eigenvalue weighted by Gasteiger charge is -2.15. The van der Waals surface area contributed by atoms with E-state index in [9.17, 15) is 4.79 Å². The Morgan fingerprint density at radius 3 is 2.50 bits per heavy atom. The number of carboxylic acid groups (broad SMARTS) is 1. The SMILES string of the molecule is CCOC(C)CC(OC)C(=O)O. The second-order valence-electron chi connectivity index (χ2n) is 2.56. The summed E-state index contributed by atoms with van der Waals surface area (Å²) >= 11 is 0. The summed E-state index contributed by atoms with van der Waals surface area (Å²) in [5.74, 6) is -0.941. The predicted octanol–water partition coefficient (Wildman–Crippen LogP) is 0.901. The highest BCUT2D eigenvalue weighted by Gasteiger charge is 2.19. The highest BCUT2D eigenvalue weighted by molar-refractivity contribution is 5.72. The van der Waals surface area contributed by atoms with Crippen molar-refractivity contribution < 1.29 is 19.4 Å².